The first-order valence-corrected chi connectivity index (χ1v) is 6.91. The lowest BCUT2D eigenvalue weighted by Gasteiger charge is -2.27. The molecular formula is C14H25N3. The lowest BCUT2D eigenvalue weighted by Crippen LogP contribution is -2.41. The standard InChI is InChI=1S/C14H25N3/c1-3-17-11-13(10-16-17)9-14(15)7-4-5-12(2)6-8-14/h10-12H,3-9,15H2,1-2H3. The van der Waals surface area contributed by atoms with Gasteiger partial charge in [-0.25, -0.2) is 0 Å². The molecule has 2 unspecified atom stereocenters. The Morgan fingerprint density at radius 2 is 2.29 bits per heavy atom. The van der Waals surface area contributed by atoms with Gasteiger partial charge in [0.25, 0.3) is 0 Å². The van der Waals surface area contributed by atoms with E-state index in [9.17, 15) is 0 Å². The molecule has 17 heavy (non-hydrogen) atoms. The zero-order valence-electron chi connectivity index (χ0n) is 11.2. The molecule has 2 rings (SSSR count). The third-order valence-corrected chi connectivity index (χ3v) is 4.07. The van der Waals surface area contributed by atoms with Crippen LogP contribution in [0, 0.1) is 5.92 Å². The summed E-state index contributed by atoms with van der Waals surface area (Å²) in [6, 6.07) is 0. The van der Waals surface area contributed by atoms with Crippen LogP contribution in [0.1, 0.15) is 51.5 Å². The zero-order chi connectivity index (χ0) is 12.3. The first-order chi connectivity index (χ1) is 8.11. The van der Waals surface area contributed by atoms with Gasteiger partial charge in [0.1, 0.15) is 0 Å². The van der Waals surface area contributed by atoms with Crippen LogP contribution in [-0.2, 0) is 13.0 Å². The second-order valence-corrected chi connectivity index (χ2v) is 5.78. The van der Waals surface area contributed by atoms with E-state index in [4.69, 9.17) is 5.73 Å². The molecule has 0 aromatic carbocycles. The fraction of sp³-hybridized carbons (Fsp3) is 0.786. The van der Waals surface area contributed by atoms with Gasteiger partial charge < -0.3 is 5.73 Å². The number of aryl methyl sites for hydroxylation is 1. The average Bonchev–Trinajstić information content (AvgIpc) is 2.67. The van der Waals surface area contributed by atoms with Gasteiger partial charge >= 0.3 is 0 Å². The molecule has 1 aromatic rings. The molecule has 0 aliphatic heterocycles. The molecule has 0 amide bonds. The van der Waals surface area contributed by atoms with E-state index >= 15 is 0 Å². The number of rotatable bonds is 3. The Labute approximate surface area is 104 Å². The number of nitrogens with two attached hydrogens (primary N) is 1. The second kappa shape index (κ2) is 5.21. The highest BCUT2D eigenvalue weighted by Gasteiger charge is 2.28. The van der Waals surface area contributed by atoms with E-state index in [-0.39, 0.29) is 5.54 Å². The van der Waals surface area contributed by atoms with Crippen molar-refractivity contribution in [3.63, 3.8) is 0 Å². The van der Waals surface area contributed by atoms with Gasteiger partial charge in [0, 0.05) is 18.3 Å². The summed E-state index contributed by atoms with van der Waals surface area (Å²) >= 11 is 0. The maximum atomic E-state index is 6.57. The van der Waals surface area contributed by atoms with E-state index in [1.807, 2.05) is 10.9 Å². The minimum Gasteiger partial charge on any atom is -0.325 e. The summed E-state index contributed by atoms with van der Waals surface area (Å²) < 4.78 is 1.98. The smallest absolute Gasteiger partial charge is 0.0522 e. The van der Waals surface area contributed by atoms with Gasteiger partial charge in [0.05, 0.1) is 6.20 Å². The molecule has 0 bridgehead atoms. The number of hydrogen-bond acceptors (Lipinski definition) is 2. The highest BCUT2D eigenvalue weighted by Crippen LogP contribution is 2.30. The molecule has 3 nitrogen and oxygen atoms in total. The zero-order valence-corrected chi connectivity index (χ0v) is 11.2. The number of nitrogens with zero attached hydrogens (tertiary/aromatic N) is 2. The molecule has 1 aromatic heterocycles. The molecular weight excluding hydrogens is 210 g/mol. The van der Waals surface area contributed by atoms with Crippen LogP contribution in [0.5, 0.6) is 0 Å². The van der Waals surface area contributed by atoms with Crippen LogP contribution in [0.15, 0.2) is 12.4 Å². The fourth-order valence-electron chi connectivity index (χ4n) is 2.86. The van der Waals surface area contributed by atoms with Crippen LogP contribution < -0.4 is 5.73 Å². The molecule has 0 radical (unpaired) electrons. The van der Waals surface area contributed by atoms with Crippen molar-refractivity contribution in [2.75, 3.05) is 0 Å². The summed E-state index contributed by atoms with van der Waals surface area (Å²) in [4.78, 5) is 0. The first-order valence-electron chi connectivity index (χ1n) is 6.91. The molecule has 1 heterocycles. The van der Waals surface area contributed by atoms with Gasteiger partial charge in [-0.3, -0.25) is 4.68 Å². The predicted molar refractivity (Wildman–Crippen MR) is 70.8 cm³/mol. The van der Waals surface area contributed by atoms with Crippen molar-refractivity contribution in [1.82, 2.24) is 9.78 Å². The summed E-state index contributed by atoms with van der Waals surface area (Å²) in [6.45, 7) is 5.40. The Hall–Kier alpha value is -0.830. The fourth-order valence-corrected chi connectivity index (χ4v) is 2.86. The quantitative estimate of drug-likeness (QED) is 0.819. The monoisotopic (exact) mass is 235 g/mol. The maximum Gasteiger partial charge on any atom is 0.0522 e. The third kappa shape index (κ3) is 3.32. The SMILES string of the molecule is CCn1cc(CC2(N)CCCC(C)CC2)cn1. The Morgan fingerprint density at radius 3 is 3.00 bits per heavy atom. The van der Waals surface area contributed by atoms with Crippen molar-refractivity contribution < 1.29 is 0 Å². The van der Waals surface area contributed by atoms with Crippen LogP contribution in [0.25, 0.3) is 0 Å². The highest BCUT2D eigenvalue weighted by molar-refractivity contribution is 5.10. The van der Waals surface area contributed by atoms with E-state index < -0.39 is 0 Å². The molecule has 2 N–H and O–H groups in total. The lowest BCUT2D eigenvalue weighted by molar-refractivity contribution is 0.363. The van der Waals surface area contributed by atoms with Gasteiger partial charge in [0.2, 0.25) is 0 Å². The molecule has 1 fully saturated rings. The lowest BCUT2D eigenvalue weighted by atomic mass is 9.85. The summed E-state index contributed by atoms with van der Waals surface area (Å²) in [7, 11) is 0. The average molecular weight is 235 g/mol. The summed E-state index contributed by atoms with van der Waals surface area (Å²) in [6.07, 6.45) is 11.3. The van der Waals surface area contributed by atoms with E-state index in [2.05, 4.69) is 25.1 Å². The van der Waals surface area contributed by atoms with Crippen molar-refractivity contribution in [1.29, 1.82) is 0 Å². The van der Waals surface area contributed by atoms with E-state index in [1.54, 1.807) is 0 Å². The first kappa shape index (κ1) is 12.6. The number of hydrogen-bond donors (Lipinski definition) is 1. The Morgan fingerprint density at radius 1 is 1.47 bits per heavy atom. The van der Waals surface area contributed by atoms with Crippen molar-refractivity contribution in [2.24, 2.45) is 11.7 Å². The van der Waals surface area contributed by atoms with Crippen molar-refractivity contribution in [2.45, 2.75) is 64.5 Å². The van der Waals surface area contributed by atoms with Crippen LogP contribution in [0.2, 0.25) is 0 Å². The summed E-state index contributed by atoms with van der Waals surface area (Å²) in [5, 5.41) is 4.33. The maximum absolute atomic E-state index is 6.57. The van der Waals surface area contributed by atoms with Crippen LogP contribution in [0.3, 0.4) is 0 Å². The predicted octanol–water partition coefficient (Wildman–Crippen LogP) is 2.74. The van der Waals surface area contributed by atoms with E-state index in [0.29, 0.717) is 0 Å². The number of aromatic nitrogens is 2. The van der Waals surface area contributed by atoms with Crippen LogP contribution in [-0.4, -0.2) is 15.3 Å². The van der Waals surface area contributed by atoms with Gasteiger partial charge in [-0.1, -0.05) is 19.8 Å². The molecule has 1 aliphatic carbocycles. The largest absolute Gasteiger partial charge is 0.325 e. The molecule has 2 atom stereocenters. The Kier molecular flexibility index (Phi) is 3.87. The molecule has 0 saturated heterocycles. The van der Waals surface area contributed by atoms with E-state index in [1.165, 1.54) is 24.8 Å². The molecule has 96 valence electrons. The minimum atomic E-state index is 0.00631. The summed E-state index contributed by atoms with van der Waals surface area (Å²) in [5.74, 6) is 0.846. The minimum absolute atomic E-state index is 0.00631. The van der Waals surface area contributed by atoms with Gasteiger partial charge in [-0.15, -0.1) is 0 Å². The van der Waals surface area contributed by atoms with Gasteiger partial charge in [0.15, 0.2) is 0 Å². The Balaban J connectivity index is 2.00. The third-order valence-electron chi connectivity index (χ3n) is 4.07. The molecule has 0 spiro atoms. The molecule has 3 heteroatoms. The normalized spacial score (nSPS) is 30.2. The topological polar surface area (TPSA) is 43.8 Å². The van der Waals surface area contributed by atoms with Crippen molar-refractivity contribution >= 4 is 0 Å². The highest BCUT2D eigenvalue weighted by atomic mass is 15.3. The molecule has 1 aliphatic rings. The Bertz CT molecular complexity index is 358. The second-order valence-electron chi connectivity index (χ2n) is 5.78. The van der Waals surface area contributed by atoms with Gasteiger partial charge in [-0.2, -0.15) is 5.10 Å². The summed E-state index contributed by atoms with van der Waals surface area (Å²) in [5.41, 5.74) is 7.87. The van der Waals surface area contributed by atoms with E-state index in [0.717, 1.165) is 31.7 Å². The molecule has 1 saturated carbocycles. The van der Waals surface area contributed by atoms with Crippen LogP contribution in [0.4, 0.5) is 0 Å². The van der Waals surface area contributed by atoms with Crippen molar-refractivity contribution in [3.05, 3.63) is 18.0 Å². The van der Waals surface area contributed by atoms with Gasteiger partial charge in [-0.05, 0) is 44.1 Å². The van der Waals surface area contributed by atoms with Crippen LogP contribution >= 0.6 is 0 Å². The van der Waals surface area contributed by atoms with Crippen molar-refractivity contribution in [3.8, 4) is 0 Å².